The van der Waals surface area contributed by atoms with Crippen LogP contribution in [0.2, 0.25) is 0 Å². The highest BCUT2D eigenvalue weighted by atomic mass is 32.2. The van der Waals surface area contributed by atoms with Gasteiger partial charge in [-0.3, -0.25) is 9.47 Å². The van der Waals surface area contributed by atoms with Gasteiger partial charge in [0, 0.05) is 24.9 Å². The van der Waals surface area contributed by atoms with Gasteiger partial charge in [-0.25, -0.2) is 13.5 Å². The third-order valence-electron chi connectivity index (χ3n) is 3.35. The van der Waals surface area contributed by atoms with Crippen molar-refractivity contribution in [2.75, 3.05) is 11.1 Å². The van der Waals surface area contributed by atoms with Crippen molar-refractivity contribution in [1.82, 2.24) is 19.5 Å². The third kappa shape index (κ3) is 3.87. The summed E-state index contributed by atoms with van der Waals surface area (Å²) >= 11 is 1.18. The average Bonchev–Trinajstić information content (AvgIpc) is 3.24. The number of amides is 1. The van der Waals surface area contributed by atoms with E-state index in [1.54, 1.807) is 4.68 Å². The second kappa shape index (κ2) is 7.47. The van der Waals surface area contributed by atoms with Crippen LogP contribution in [-0.4, -0.2) is 31.2 Å². The maximum Gasteiger partial charge on any atom is 0.234 e. The number of halogens is 2. The molecule has 9 heteroatoms. The highest BCUT2D eigenvalue weighted by Gasteiger charge is 2.15. The van der Waals surface area contributed by atoms with Gasteiger partial charge in [-0.1, -0.05) is 18.7 Å². The molecule has 0 saturated carbocycles. The summed E-state index contributed by atoms with van der Waals surface area (Å²) in [6.07, 6.45) is 4.37. The zero-order valence-electron chi connectivity index (χ0n) is 13.3. The number of carbonyl (C=O) groups excluding carboxylic acids is 1. The first-order chi connectivity index (χ1) is 12.1. The number of anilines is 1. The Kier molecular flexibility index (Phi) is 5.13. The number of nitrogens with zero attached hydrogens (tertiary/aromatic N) is 4. The van der Waals surface area contributed by atoms with E-state index < -0.39 is 17.5 Å². The van der Waals surface area contributed by atoms with E-state index in [4.69, 9.17) is 0 Å². The van der Waals surface area contributed by atoms with Gasteiger partial charge in [0.05, 0.1) is 11.4 Å². The van der Waals surface area contributed by atoms with Crippen molar-refractivity contribution in [3.63, 3.8) is 0 Å². The molecule has 0 aliphatic heterocycles. The van der Waals surface area contributed by atoms with E-state index in [0.29, 0.717) is 11.6 Å². The number of aryl methyl sites for hydroxylation is 1. The highest BCUT2D eigenvalue weighted by Crippen LogP contribution is 2.20. The molecule has 0 spiro atoms. The summed E-state index contributed by atoms with van der Waals surface area (Å²) in [6.45, 7) is 1.96. The largest absolute Gasteiger partial charge is 0.323 e. The van der Waals surface area contributed by atoms with Crippen molar-refractivity contribution in [3.05, 3.63) is 60.2 Å². The minimum absolute atomic E-state index is 0.0138. The first kappa shape index (κ1) is 17.2. The van der Waals surface area contributed by atoms with Crippen LogP contribution in [0, 0.1) is 11.6 Å². The SMILES string of the molecule is CCc1nnc(SCC(=O)Nc2ccc(F)cc2F)n1-n1cccc1. The molecule has 1 amide bonds. The number of thioether (sulfide) groups is 1. The molecule has 1 N–H and O–H groups in total. The fraction of sp³-hybridized carbons (Fsp3) is 0.188. The minimum atomic E-state index is -0.817. The van der Waals surface area contributed by atoms with Gasteiger partial charge in [0.1, 0.15) is 11.6 Å². The number of nitrogens with one attached hydrogen (secondary N) is 1. The molecule has 1 aromatic carbocycles. The van der Waals surface area contributed by atoms with Gasteiger partial charge < -0.3 is 5.32 Å². The standard InChI is InChI=1S/C16H15F2N5OS/c1-2-14-20-21-16(23(14)22-7-3-4-8-22)25-10-15(24)19-13-6-5-11(17)9-12(13)18/h3-9H,2,10H2,1H3,(H,19,24). The minimum Gasteiger partial charge on any atom is -0.323 e. The van der Waals surface area contributed by atoms with Crippen molar-refractivity contribution >= 4 is 23.4 Å². The highest BCUT2D eigenvalue weighted by molar-refractivity contribution is 7.99. The van der Waals surface area contributed by atoms with Gasteiger partial charge in [0.2, 0.25) is 11.1 Å². The summed E-state index contributed by atoms with van der Waals surface area (Å²) in [7, 11) is 0. The smallest absolute Gasteiger partial charge is 0.234 e. The molecule has 3 aromatic rings. The Morgan fingerprint density at radius 3 is 2.68 bits per heavy atom. The van der Waals surface area contributed by atoms with E-state index in [2.05, 4.69) is 15.5 Å². The summed E-state index contributed by atoms with van der Waals surface area (Å²) in [5.41, 5.74) is -0.0619. The normalized spacial score (nSPS) is 10.8. The van der Waals surface area contributed by atoms with Gasteiger partial charge in [0.25, 0.3) is 0 Å². The molecule has 130 valence electrons. The molecule has 25 heavy (non-hydrogen) atoms. The number of carbonyl (C=O) groups is 1. The second-order valence-corrected chi connectivity index (χ2v) is 6.03. The van der Waals surface area contributed by atoms with Gasteiger partial charge in [0.15, 0.2) is 5.82 Å². The molecule has 0 aliphatic rings. The lowest BCUT2D eigenvalue weighted by Crippen LogP contribution is -2.17. The molecule has 3 rings (SSSR count). The summed E-state index contributed by atoms with van der Waals surface area (Å²) in [4.78, 5) is 12.0. The Morgan fingerprint density at radius 2 is 2.00 bits per heavy atom. The van der Waals surface area contributed by atoms with Crippen LogP contribution in [-0.2, 0) is 11.2 Å². The Hall–Kier alpha value is -2.68. The first-order valence-electron chi connectivity index (χ1n) is 7.54. The number of aromatic nitrogens is 4. The van der Waals surface area contributed by atoms with Gasteiger partial charge in [-0.15, -0.1) is 10.2 Å². The fourth-order valence-corrected chi connectivity index (χ4v) is 2.96. The lowest BCUT2D eigenvalue weighted by molar-refractivity contribution is -0.113. The van der Waals surface area contributed by atoms with Crippen LogP contribution in [0.1, 0.15) is 12.7 Å². The summed E-state index contributed by atoms with van der Waals surface area (Å²) in [5.74, 6) is -1.17. The molecule has 0 radical (unpaired) electrons. The van der Waals surface area contributed by atoms with E-state index >= 15 is 0 Å². The average molecular weight is 363 g/mol. The van der Waals surface area contributed by atoms with Crippen molar-refractivity contribution in [1.29, 1.82) is 0 Å². The molecule has 2 heterocycles. The molecule has 0 bridgehead atoms. The summed E-state index contributed by atoms with van der Waals surface area (Å²) < 4.78 is 30.1. The van der Waals surface area contributed by atoms with E-state index in [-0.39, 0.29) is 11.4 Å². The van der Waals surface area contributed by atoms with E-state index in [0.717, 1.165) is 18.0 Å². The molecule has 0 atom stereocenters. The molecule has 2 aromatic heterocycles. The summed E-state index contributed by atoms with van der Waals surface area (Å²) in [6, 6.07) is 6.74. The van der Waals surface area contributed by atoms with Crippen molar-refractivity contribution in [2.45, 2.75) is 18.5 Å². The Balaban J connectivity index is 1.69. The van der Waals surface area contributed by atoms with Crippen LogP contribution in [0.4, 0.5) is 14.5 Å². The van der Waals surface area contributed by atoms with Crippen LogP contribution >= 0.6 is 11.8 Å². The van der Waals surface area contributed by atoms with Gasteiger partial charge >= 0.3 is 0 Å². The number of hydrogen-bond donors (Lipinski definition) is 1. The van der Waals surface area contributed by atoms with Crippen molar-refractivity contribution < 1.29 is 13.6 Å². The van der Waals surface area contributed by atoms with Crippen molar-refractivity contribution in [3.8, 4) is 0 Å². The molecule has 6 nitrogen and oxygen atoms in total. The third-order valence-corrected chi connectivity index (χ3v) is 4.27. The lowest BCUT2D eigenvalue weighted by atomic mass is 10.3. The molecule has 0 saturated heterocycles. The van der Waals surface area contributed by atoms with Crippen LogP contribution in [0.25, 0.3) is 0 Å². The van der Waals surface area contributed by atoms with Crippen LogP contribution < -0.4 is 5.32 Å². The Labute approximate surface area is 146 Å². The predicted octanol–water partition coefficient (Wildman–Crippen LogP) is 2.96. The van der Waals surface area contributed by atoms with E-state index in [1.807, 2.05) is 36.1 Å². The van der Waals surface area contributed by atoms with Crippen LogP contribution in [0.15, 0.2) is 47.9 Å². The number of rotatable bonds is 6. The number of hydrogen-bond acceptors (Lipinski definition) is 4. The molecule has 0 fully saturated rings. The topological polar surface area (TPSA) is 64.7 Å². The predicted molar refractivity (Wildman–Crippen MR) is 90.3 cm³/mol. The maximum absolute atomic E-state index is 13.6. The molecule has 0 aliphatic carbocycles. The first-order valence-corrected chi connectivity index (χ1v) is 8.52. The quantitative estimate of drug-likeness (QED) is 0.684. The lowest BCUT2D eigenvalue weighted by Gasteiger charge is -2.10. The second-order valence-electron chi connectivity index (χ2n) is 5.09. The molecule has 0 unspecified atom stereocenters. The fourth-order valence-electron chi connectivity index (χ4n) is 2.20. The van der Waals surface area contributed by atoms with Gasteiger partial charge in [-0.2, -0.15) is 0 Å². The van der Waals surface area contributed by atoms with Crippen LogP contribution in [0.5, 0.6) is 0 Å². The summed E-state index contributed by atoms with van der Waals surface area (Å²) in [5, 5.41) is 11.2. The molecular formula is C16H15F2N5OS. The van der Waals surface area contributed by atoms with Crippen molar-refractivity contribution in [2.24, 2.45) is 0 Å². The maximum atomic E-state index is 13.6. The van der Waals surface area contributed by atoms with E-state index in [1.165, 1.54) is 17.8 Å². The van der Waals surface area contributed by atoms with E-state index in [9.17, 15) is 13.6 Å². The molecular weight excluding hydrogens is 348 g/mol. The number of benzene rings is 1. The monoisotopic (exact) mass is 363 g/mol. The van der Waals surface area contributed by atoms with Gasteiger partial charge in [-0.05, 0) is 24.3 Å². The van der Waals surface area contributed by atoms with Crippen LogP contribution in [0.3, 0.4) is 0 Å². The zero-order chi connectivity index (χ0) is 17.8. The Morgan fingerprint density at radius 1 is 1.24 bits per heavy atom. The zero-order valence-corrected chi connectivity index (χ0v) is 14.1. The Bertz CT molecular complexity index is 879.